The second-order valence-electron chi connectivity index (χ2n) is 7.03. The van der Waals surface area contributed by atoms with Crippen molar-refractivity contribution >= 4 is 5.91 Å². The predicted molar refractivity (Wildman–Crippen MR) is 96.6 cm³/mol. The van der Waals surface area contributed by atoms with Crippen molar-refractivity contribution in [3.8, 4) is 0 Å². The van der Waals surface area contributed by atoms with Gasteiger partial charge >= 0.3 is 0 Å². The van der Waals surface area contributed by atoms with Gasteiger partial charge in [0, 0.05) is 30.9 Å². The molecule has 1 fully saturated rings. The molecule has 3 rings (SSSR count). The van der Waals surface area contributed by atoms with E-state index in [0.29, 0.717) is 6.54 Å². The molecule has 1 heterocycles. The number of amides is 1. The third kappa shape index (κ3) is 5.13. The van der Waals surface area contributed by atoms with Crippen LogP contribution in [-0.2, 0) is 17.9 Å². The van der Waals surface area contributed by atoms with Crippen LogP contribution < -0.4 is 10.2 Å². The average molecular weight is 341 g/mol. The number of quaternary nitrogens is 1. The maximum Gasteiger partial charge on any atom is 0.223 e. The zero-order valence-electron chi connectivity index (χ0n) is 14.7. The van der Waals surface area contributed by atoms with Crippen molar-refractivity contribution in [3.63, 3.8) is 0 Å². The monoisotopic (exact) mass is 341 g/mol. The van der Waals surface area contributed by atoms with Gasteiger partial charge in [-0.3, -0.25) is 4.79 Å². The number of benzene rings is 2. The van der Waals surface area contributed by atoms with Gasteiger partial charge in [0.1, 0.15) is 12.4 Å². The third-order valence-electron chi connectivity index (χ3n) is 5.02. The van der Waals surface area contributed by atoms with Crippen molar-refractivity contribution in [2.24, 2.45) is 5.92 Å². The summed E-state index contributed by atoms with van der Waals surface area (Å²) in [5.41, 5.74) is 3.52. The number of nitrogens with one attached hydrogen (secondary N) is 2. The summed E-state index contributed by atoms with van der Waals surface area (Å²) in [5, 5.41) is 3.07. The van der Waals surface area contributed by atoms with Crippen LogP contribution in [0.15, 0.2) is 48.5 Å². The van der Waals surface area contributed by atoms with Crippen LogP contribution in [0.5, 0.6) is 0 Å². The van der Waals surface area contributed by atoms with Crippen LogP contribution in [-0.4, -0.2) is 19.0 Å². The molecule has 0 saturated carbocycles. The Labute approximate surface area is 148 Å². The van der Waals surface area contributed by atoms with E-state index in [2.05, 4.69) is 36.5 Å². The third-order valence-corrected chi connectivity index (χ3v) is 5.02. The van der Waals surface area contributed by atoms with Crippen molar-refractivity contribution in [1.29, 1.82) is 0 Å². The van der Waals surface area contributed by atoms with Gasteiger partial charge in [0.05, 0.1) is 13.1 Å². The first-order valence-electron chi connectivity index (χ1n) is 9.01. The number of likely N-dealkylation sites (tertiary alicyclic amines) is 1. The standard InChI is InChI=1S/C21H25FN2O/c1-16-2-4-17(5-3-16)14-23-21(25)19-10-12-24(13-11-19)15-18-6-8-20(22)9-7-18/h2-9,19H,10-15H2,1H3,(H,23,25)/p+1. The fourth-order valence-corrected chi connectivity index (χ4v) is 3.40. The summed E-state index contributed by atoms with van der Waals surface area (Å²) in [6.07, 6.45) is 1.83. The molecule has 132 valence electrons. The lowest BCUT2D eigenvalue weighted by atomic mass is 9.95. The Bertz CT molecular complexity index is 689. The number of hydrogen-bond acceptors (Lipinski definition) is 1. The Morgan fingerprint density at radius 1 is 1.04 bits per heavy atom. The van der Waals surface area contributed by atoms with E-state index in [1.807, 2.05) is 12.1 Å². The quantitative estimate of drug-likeness (QED) is 0.859. The Balaban J connectivity index is 1.42. The second-order valence-corrected chi connectivity index (χ2v) is 7.03. The number of carbonyl (C=O) groups is 1. The average Bonchev–Trinajstić information content (AvgIpc) is 2.63. The number of carbonyl (C=O) groups excluding carboxylic acids is 1. The van der Waals surface area contributed by atoms with Crippen molar-refractivity contribution in [3.05, 3.63) is 71.0 Å². The number of hydrogen-bond donors (Lipinski definition) is 2. The molecular weight excluding hydrogens is 315 g/mol. The first kappa shape index (κ1) is 17.6. The molecule has 3 nitrogen and oxygen atoms in total. The molecule has 25 heavy (non-hydrogen) atoms. The summed E-state index contributed by atoms with van der Waals surface area (Å²) in [6, 6.07) is 15.0. The maximum atomic E-state index is 13.0. The van der Waals surface area contributed by atoms with E-state index < -0.39 is 0 Å². The van der Waals surface area contributed by atoms with Crippen LogP contribution in [0.4, 0.5) is 4.39 Å². The molecule has 4 heteroatoms. The molecule has 0 atom stereocenters. The van der Waals surface area contributed by atoms with Gasteiger partial charge in [0.2, 0.25) is 5.91 Å². The van der Waals surface area contributed by atoms with Crippen molar-refractivity contribution < 1.29 is 14.1 Å². The molecule has 2 aromatic rings. The normalized spacial score (nSPS) is 20.2. The maximum absolute atomic E-state index is 13.0. The summed E-state index contributed by atoms with van der Waals surface area (Å²) in [4.78, 5) is 13.8. The molecular formula is C21H26FN2O+. The molecule has 0 aliphatic carbocycles. The molecule has 0 radical (unpaired) electrons. The van der Waals surface area contributed by atoms with Crippen molar-refractivity contribution in [2.75, 3.05) is 13.1 Å². The lowest BCUT2D eigenvalue weighted by Crippen LogP contribution is -3.11. The minimum atomic E-state index is -0.192. The SMILES string of the molecule is Cc1ccc(CNC(=O)C2CC[NH+](Cc3ccc(F)cc3)CC2)cc1. The van der Waals surface area contributed by atoms with Gasteiger partial charge in [-0.15, -0.1) is 0 Å². The molecule has 1 aliphatic rings. The first-order valence-corrected chi connectivity index (χ1v) is 9.01. The van der Waals surface area contributed by atoms with Gasteiger partial charge in [-0.25, -0.2) is 4.39 Å². The Kier molecular flexibility index (Phi) is 5.82. The largest absolute Gasteiger partial charge is 0.352 e. The highest BCUT2D eigenvalue weighted by Crippen LogP contribution is 2.11. The molecule has 1 amide bonds. The first-order chi connectivity index (χ1) is 12.1. The fraction of sp³-hybridized carbons (Fsp3) is 0.381. The molecule has 0 spiro atoms. The summed E-state index contributed by atoms with van der Waals surface area (Å²) in [7, 11) is 0. The molecule has 1 aliphatic heterocycles. The fourth-order valence-electron chi connectivity index (χ4n) is 3.40. The van der Waals surface area contributed by atoms with Gasteiger partial charge in [-0.05, 0) is 24.6 Å². The zero-order valence-corrected chi connectivity index (χ0v) is 14.7. The number of rotatable bonds is 5. The lowest BCUT2D eigenvalue weighted by Gasteiger charge is -2.28. The summed E-state index contributed by atoms with van der Waals surface area (Å²) in [6.45, 7) is 5.53. The molecule has 1 saturated heterocycles. The highest BCUT2D eigenvalue weighted by atomic mass is 19.1. The Hall–Kier alpha value is -2.20. The van der Waals surface area contributed by atoms with E-state index in [0.717, 1.165) is 43.6 Å². The number of halogens is 1. The van der Waals surface area contributed by atoms with Crippen LogP contribution in [0.3, 0.4) is 0 Å². The molecule has 2 aromatic carbocycles. The van der Waals surface area contributed by atoms with Crippen molar-refractivity contribution in [1.82, 2.24) is 5.32 Å². The summed E-state index contributed by atoms with van der Waals surface area (Å²) >= 11 is 0. The summed E-state index contributed by atoms with van der Waals surface area (Å²) < 4.78 is 13.0. The highest BCUT2D eigenvalue weighted by molar-refractivity contribution is 5.78. The predicted octanol–water partition coefficient (Wildman–Crippen LogP) is 2.25. The Morgan fingerprint density at radius 3 is 2.28 bits per heavy atom. The zero-order chi connectivity index (χ0) is 17.6. The van der Waals surface area contributed by atoms with E-state index in [1.165, 1.54) is 22.6 Å². The topological polar surface area (TPSA) is 33.5 Å². The van der Waals surface area contributed by atoms with Crippen LogP contribution in [0, 0.1) is 18.7 Å². The molecule has 0 bridgehead atoms. The number of aryl methyl sites for hydroxylation is 1. The minimum Gasteiger partial charge on any atom is -0.352 e. The number of piperidine rings is 1. The van der Waals surface area contributed by atoms with Crippen LogP contribution in [0.2, 0.25) is 0 Å². The van der Waals surface area contributed by atoms with Crippen LogP contribution >= 0.6 is 0 Å². The summed E-state index contributed by atoms with van der Waals surface area (Å²) in [5.74, 6) is 0.0894. The van der Waals surface area contributed by atoms with Gasteiger partial charge in [0.15, 0.2) is 0 Å². The van der Waals surface area contributed by atoms with E-state index in [1.54, 1.807) is 0 Å². The lowest BCUT2D eigenvalue weighted by molar-refractivity contribution is -0.919. The van der Waals surface area contributed by atoms with Gasteiger partial charge < -0.3 is 10.2 Å². The molecule has 0 unspecified atom stereocenters. The van der Waals surface area contributed by atoms with Gasteiger partial charge in [-0.1, -0.05) is 42.0 Å². The molecule has 0 aromatic heterocycles. The van der Waals surface area contributed by atoms with E-state index in [4.69, 9.17) is 0 Å². The van der Waals surface area contributed by atoms with E-state index in [9.17, 15) is 9.18 Å². The highest BCUT2D eigenvalue weighted by Gasteiger charge is 2.27. The van der Waals surface area contributed by atoms with E-state index >= 15 is 0 Å². The Morgan fingerprint density at radius 2 is 1.64 bits per heavy atom. The van der Waals surface area contributed by atoms with Crippen molar-refractivity contribution in [2.45, 2.75) is 32.9 Å². The van der Waals surface area contributed by atoms with Crippen LogP contribution in [0.25, 0.3) is 0 Å². The van der Waals surface area contributed by atoms with Gasteiger partial charge in [0.25, 0.3) is 0 Å². The van der Waals surface area contributed by atoms with Crippen LogP contribution in [0.1, 0.15) is 29.5 Å². The second kappa shape index (κ2) is 8.26. The minimum absolute atomic E-state index is 0.113. The van der Waals surface area contributed by atoms with Gasteiger partial charge in [-0.2, -0.15) is 0 Å². The molecule has 2 N–H and O–H groups in total. The van der Waals surface area contributed by atoms with E-state index in [-0.39, 0.29) is 17.6 Å². The smallest absolute Gasteiger partial charge is 0.223 e.